The van der Waals surface area contributed by atoms with Crippen molar-refractivity contribution in [2.45, 2.75) is 20.4 Å². The highest BCUT2D eigenvalue weighted by atomic mass is 79.9. The molecule has 6 heteroatoms. The van der Waals surface area contributed by atoms with Gasteiger partial charge in [-0.25, -0.2) is 0 Å². The van der Waals surface area contributed by atoms with E-state index in [1.807, 2.05) is 74.5 Å². The fourth-order valence-electron chi connectivity index (χ4n) is 2.70. The molecule has 0 heterocycles. The lowest BCUT2D eigenvalue weighted by atomic mass is 10.1. The lowest BCUT2D eigenvalue weighted by molar-refractivity contribution is -0.118. The lowest BCUT2D eigenvalue weighted by Crippen LogP contribution is -2.20. The van der Waals surface area contributed by atoms with Crippen LogP contribution < -0.4 is 15.4 Å². The molecule has 0 radical (unpaired) electrons. The number of amides is 1. The monoisotopic (exact) mass is 516 g/mol. The van der Waals surface area contributed by atoms with Gasteiger partial charge in [0.1, 0.15) is 5.75 Å². The molecule has 3 rings (SSSR count). The minimum Gasteiger partial charge on any atom is -0.483 e. The Balaban J connectivity index is 1.52. The SMILES string of the molecule is Cc1ccc(NC(=O)COc2ccc(CNc3ccc(Br)cc3)cc2Br)cc1C. The zero-order valence-corrected chi connectivity index (χ0v) is 19.4. The van der Waals surface area contributed by atoms with Crippen molar-refractivity contribution >= 4 is 49.1 Å². The topological polar surface area (TPSA) is 50.4 Å². The van der Waals surface area contributed by atoms with Crippen molar-refractivity contribution in [1.82, 2.24) is 0 Å². The Kier molecular flexibility index (Phi) is 7.34. The highest BCUT2D eigenvalue weighted by molar-refractivity contribution is 9.10. The maximum atomic E-state index is 12.2. The molecule has 0 unspecified atom stereocenters. The summed E-state index contributed by atoms with van der Waals surface area (Å²) in [7, 11) is 0. The van der Waals surface area contributed by atoms with E-state index in [-0.39, 0.29) is 12.5 Å². The molecule has 2 N–H and O–H groups in total. The van der Waals surface area contributed by atoms with E-state index in [2.05, 4.69) is 42.5 Å². The fraction of sp³-hybridized carbons (Fsp3) is 0.174. The predicted molar refractivity (Wildman–Crippen MR) is 126 cm³/mol. The van der Waals surface area contributed by atoms with Crippen molar-refractivity contribution in [1.29, 1.82) is 0 Å². The Morgan fingerprint density at radius 1 is 0.897 bits per heavy atom. The minimum atomic E-state index is -0.193. The third-order valence-electron chi connectivity index (χ3n) is 4.49. The van der Waals surface area contributed by atoms with Gasteiger partial charge in [0, 0.05) is 22.4 Å². The number of carbonyl (C=O) groups is 1. The summed E-state index contributed by atoms with van der Waals surface area (Å²) in [6.45, 7) is 4.70. The number of anilines is 2. The van der Waals surface area contributed by atoms with Crippen LogP contribution in [0.5, 0.6) is 5.75 Å². The highest BCUT2D eigenvalue weighted by Gasteiger charge is 2.08. The summed E-state index contributed by atoms with van der Waals surface area (Å²) in [5.41, 5.74) is 5.26. The zero-order chi connectivity index (χ0) is 20.8. The average molecular weight is 518 g/mol. The molecule has 0 fully saturated rings. The number of halogens is 2. The molecule has 0 aromatic heterocycles. The van der Waals surface area contributed by atoms with E-state index >= 15 is 0 Å². The molecule has 29 heavy (non-hydrogen) atoms. The van der Waals surface area contributed by atoms with Crippen LogP contribution in [-0.2, 0) is 11.3 Å². The molecule has 0 aliphatic rings. The van der Waals surface area contributed by atoms with Crippen LogP contribution in [0.15, 0.2) is 69.6 Å². The Labute approximate surface area is 187 Å². The lowest BCUT2D eigenvalue weighted by Gasteiger charge is -2.12. The second kappa shape index (κ2) is 9.94. The molecule has 3 aromatic rings. The molecule has 0 aliphatic heterocycles. The normalized spacial score (nSPS) is 10.5. The number of ether oxygens (including phenoxy) is 1. The van der Waals surface area contributed by atoms with Gasteiger partial charge in [0.2, 0.25) is 0 Å². The molecule has 4 nitrogen and oxygen atoms in total. The van der Waals surface area contributed by atoms with Crippen molar-refractivity contribution < 1.29 is 9.53 Å². The van der Waals surface area contributed by atoms with Gasteiger partial charge in [-0.2, -0.15) is 0 Å². The van der Waals surface area contributed by atoms with E-state index in [0.29, 0.717) is 12.3 Å². The van der Waals surface area contributed by atoms with E-state index < -0.39 is 0 Å². The van der Waals surface area contributed by atoms with Crippen LogP contribution in [0.2, 0.25) is 0 Å². The van der Waals surface area contributed by atoms with Gasteiger partial charge in [-0.3, -0.25) is 4.79 Å². The number of carbonyl (C=O) groups excluding carboxylic acids is 1. The zero-order valence-electron chi connectivity index (χ0n) is 16.3. The van der Waals surface area contributed by atoms with Gasteiger partial charge in [0.15, 0.2) is 6.61 Å². The number of nitrogens with one attached hydrogen (secondary N) is 2. The third kappa shape index (κ3) is 6.34. The summed E-state index contributed by atoms with van der Waals surface area (Å²) >= 11 is 6.96. The summed E-state index contributed by atoms with van der Waals surface area (Å²) in [6.07, 6.45) is 0. The van der Waals surface area contributed by atoms with Gasteiger partial charge < -0.3 is 15.4 Å². The van der Waals surface area contributed by atoms with Gasteiger partial charge >= 0.3 is 0 Å². The standard InChI is InChI=1S/C23H22Br2N2O2/c1-15-3-7-20(11-16(15)2)27-23(28)14-29-22-10-4-17(12-21(22)25)13-26-19-8-5-18(24)6-9-19/h3-12,26H,13-14H2,1-2H3,(H,27,28). The first kappa shape index (κ1) is 21.4. The van der Waals surface area contributed by atoms with Crippen LogP contribution in [0.3, 0.4) is 0 Å². The largest absolute Gasteiger partial charge is 0.483 e. The third-order valence-corrected chi connectivity index (χ3v) is 5.63. The Hall–Kier alpha value is -2.31. The van der Waals surface area contributed by atoms with Crippen LogP contribution >= 0.6 is 31.9 Å². The number of rotatable bonds is 7. The van der Waals surface area contributed by atoms with Crippen LogP contribution in [0.1, 0.15) is 16.7 Å². The summed E-state index contributed by atoms with van der Waals surface area (Å²) in [5.74, 6) is 0.439. The van der Waals surface area contributed by atoms with Crippen molar-refractivity contribution in [2.75, 3.05) is 17.2 Å². The van der Waals surface area contributed by atoms with Crippen LogP contribution in [0.4, 0.5) is 11.4 Å². The molecular weight excluding hydrogens is 496 g/mol. The molecule has 0 saturated heterocycles. The van der Waals surface area contributed by atoms with Gasteiger partial charge in [0.25, 0.3) is 5.91 Å². The Morgan fingerprint density at radius 2 is 1.62 bits per heavy atom. The second-order valence-corrected chi connectivity index (χ2v) is 8.53. The van der Waals surface area contributed by atoms with Crippen LogP contribution in [-0.4, -0.2) is 12.5 Å². The first-order valence-corrected chi connectivity index (χ1v) is 10.8. The van der Waals surface area contributed by atoms with Crippen molar-refractivity contribution in [3.8, 4) is 5.75 Å². The number of hydrogen-bond donors (Lipinski definition) is 2. The summed E-state index contributed by atoms with van der Waals surface area (Å²) in [5, 5.41) is 6.24. The minimum absolute atomic E-state index is 0.0536. The van der Waals surface area contributed by atoms with Gasteiger partial charge in [-0.1, -0.05) is 28.1 Å². The van der Waals surface area contributed by atoms with Crippen LogP contribution in [0.25, 0.3) is 0 Å². The average Bonchev–Trinajstić information content (AvgIpc) is 2.69. The number of hydrogen-bond acceptors (Lipinski definition) is 3. The Bertz CT molecular complexity index is 1000. The number of aryl methyl sites for hydroxylation is 2. The maximum absolute atomic E-state index is 12.2. The van der Waals surface area contributed by atoms with Gasteiger partial charge in [0.05, 0.1) is 4.47 Å². The van der Waals surface area contributed by atoms with E-state index in [0.717, 1.165) is 31.4 Å². The molecular formula is C23H22Br2N2O2. The summed E-state index contributed by atoms with van der Waals surface area (Å²) in [4.78, 5) is 12.2. The summed E-state index contributed by atoms with van der Waals surface area (Å²) in [6, 6.07) is 19.7. The quantitative estimate of drug-likeness (QED) is 0.378. The van der Waals surface area contributed by atoms with Crippen LogP contribution in [0, 0.1) is 13.8 Å². The molecule has 0 atom stereocenters. The molecule has 1 amide bonds. The Morgan fingerprint density at radius 3 is 2.31 bits per heavy atom. The maximum Gasteiger partial charge on any atom is 0.262 e. The first-order chi connectivity index (χ1) is 13.9. The van der Waals surface area contributed by atoms with Gasteiger partial charge in [-0.05, 0) is 95.0 Å². The molecule has 0 bridgehead atoms. The van der Waals surface area contributed by atoms with Crippen molar-refractivity contribution in [3.05, 3.63) is 86.3 Å². The molecule has 0 saturated carbocycles. The number of benzene rings is 3. The van der Waals surface area contributed by atoms with E-state index in [4.69, 9.17) is 4.74 Å². The molecule has 0 aliphatic carbocycles. The smallest absolute Gasteiger partial charge is 0.262 e. The predicted octanol–water partition coefficient (Wildman–Crippen LogP) is 6.46. The fourth-order valence-corrected chi connectivity index (χ4v) is 3.51. The summed E-state index contributed by atoms with van der Waals surface area (Å²) < 4.78 is 7.53. The van der Waals surface area contributed by atoms with Crippen molar-refractivity contribution in [2.24, 2.45) is 0 Å². The van der Waals surface area contributed by atoms with E-state index in [9.17, 15) is 4.79 Å². The van der Waals surface area contributed by atoms with E-state index in [1.54, 1.807) is 0 Å². The molecule has 0 spiro atoms. The molecule has 3 aromatic carbocycles. The van der Waals surface area contributed by atoms with Gasteiger partial charge in [-0.15, -0.1) is 0 Å². The second-order valence-electron chi connectivity index (χ2n) is 6.76. The van der Waals surface area contributed by atoms with E-state index in [1.165, 1.54) is 5.56 Å². The molecule has 150 valence electrons. The highest BCUT2D eigenvalue weighted by Crippen LogP contribution is 2.26. The van der Waals surface area contributed by atoms with Crippen molar-refractivity contribution in [3.63, 3.8) is 0 Å². The first-order valence-electron chi connectivity index (χ1n) is 9.18.